The van der Waals surface area contributed by atoms with Crippen molar-refractivity contribution < 1.29 is 23.5 Å². The first kappa shape index (κ1) is 25.2. The van der Waals surface area contributed by atoms with Crippen LogP contribution in [-0.2, 0) is 14.3 Å². The van der Waals surface area contributed by atoms with E-state index in [1.54, 1.807) is 6.07 Å². The third-order valence-electron chi connectivity index (χ3n) is 6.33. The Morgan fingerprint density at radius 2 is 1.81 bits per heavy atom. The van der Waals surface area contributed by atoms with Gasteiger partial charge in [-0.3, -0.25) is 19.3 Å². The number of rotatable bonds is 9. The van der Waals surface area contributed by atoms with Gasteiger partial charge in [-0.05, 0) is 67.6 Å². The zero-order valence-electron chi connectivity index (χ0n) is 20.5. The van der Waals surface area contributed by atoms with Crippen LogP contribution >= 0.6 is 0 Å². The minimum Gasteiger partial charge on any atom is -0.459 e. The Labute approximate surface area is 210 Å². The molecule has 0 spiro atoms. The molecule has 0 bridgehead atoms. The van der Waals surface area contributed by atoms with E-state index >= 15 is 0 Å². The number of aryl methyl sites for hydroxylation is 2. The van der Waals surface area contributed by atoms with Crippen molar-refractivity contribution >= 4 is 23.4 Å². The molecule has 4 rings (SSSR count). The first-order valence-electron chi connectivity index (χ1n) is 12.1. The molecule has 2 aromatic carbocycles. The number of furan rings is 1. The highest BCUT2D eigenvalue weighted by Gasteiger charge is 2.33. The number of hydrogen-bond acceptors (Lipinski definition) is 5. The lowest BCUT2D eigenvalue weighted by molar-refractivity contribution is -0.126. The molecule has 8 heteroatoms. The molecule has 188 valence electrons. The number of carbonyl (C=O) groups excluding carboxylic acids is 3. The van der Waals surface area contributed by atoms with Crippen molar-refractivity contribution in [3.63, 3.8) is 0 Å². The van der Waals surface area contributed by atoms with Gasteiger partial charge < -0.3 is 19.8 Å². The lowest BCUT2D eigenvalue weighted by Crippen LogP contribution is -2.48. The van der Waals surface area contributed by atoms with E-state index in [0.717, 1.165) is 24.0 Å². The predicted molar refractivity (Wildman–Crippen MR) is 136 cm³/mol. The molecule has 1 saturated heterocycles. The first-order chi connectivity index (χ1) is 17.4. The third kappa shape index (κ3) is 6.01. The number of nitrogens with one attached hydrogen (secondary N) is 2. The van der Waals surface area contributed by atoms with E-state index in [0.29, 0.717) is 24.4 Å². The molecule has 36 heavy (non-hydrogen) atoms. The van der Waals surface area contributed by atoms with Gasteiger partial charge in [0, 0.05) is 18.8 Å². The summed E-state index contributed by atoms with van der Waals surface area (Å²) in [6.45, 7) is 4.68. The monoisotopic (exact) mass is 489 g/mol. The van der Waals surface area contributed by atoms with Crippen LogP contribution in [0.2, 0.25) is 0 Å². The third-order valence-corrected chi connectivity index (χ3v) is 6.33. The lowest BCUT2D eigenvalue weighted by Gasteiger charge is -2.32. The van der Waals surface area contributed by atoms with Crippen molar-refractivity contribution in [2.75, 3.05) is 24.6 Å². The quantitative estimate of drug-likeness (QED) is 0.477. The SMILES string of the molecule is Cc1ccc(N(C(=O)CNC(=O)c2ccco2)[C@@H](C(=O)NC[C@@H]2CCCO2)c2ccccc2)cc1C. The van der Waals surface area contributed by atoms with Crippen LogP contribution in [0.3, 0.4) is 0 Å². The van der Waals surface area contributed by atoms with Gasteiger partial charge in [-0.2, -0.15) is 0 Å². The summed E-state index contributed by atoms with van der Waals surface area (Å²) in [5.74, 6) is -1.15. The second kappa shape index (κ2) is 11.7. The van der Waals surface area contributed by atoms with Crippen LogP contribution in [0.4, 0.5) is 5.69 Å². The van der Waals surface area contributed by atoms with Gasteiger partial charge in [-0.15, -0.1) is 0 Å². The standard InChI is InChI=1S/C28H31N3O5/c1-19-12-13-22(16-20(19)2)31(25(32)18-30-27(33)24-11-7-15-36-24)26(21-8-4-3-5-9-21)28(34)29-17-23-10-6-14-35-23/h3-5,7-9,11-13,15-16,23,26H,6,10,14,17-18H2,1-2H3,(H,29,34)(H,30,33)/t23-,26+/m0/s1. The van der Waals surface area contributed by atoms with Gasteiger partial charge in [-0.25, -0.2) is 0 Å². The highest BCUT2D eigenvalue weighted by atomic mass is 16.5. The predicted octanol–water partition coefficient (Wildman–Crippen LogP) is 3.70. The minimum absolute atomic E-state index is 0.0382. The summed E-state index contributed by atoms with van der Waals surface area (Å²) in [5.41, 5.74) is 3.27. The molecule has 1 aromatic heterocycles. The number of anilines is 1. The number of carbonyl (C=O) groups is 3. The smallest absolute Gasteiger partial charge is 0.287 e. The summed E-state index contributed by atoms with van der Waals surface area (Å²) < 4.78 is 10.8. The van der Waals surface area contributed by atoms with Gasteiger partial charge in [0.05, 0.1) is 18.9 Å². The number of ether oxygens (including phenoxy) is 1. The van der Waals surface area contributed by atoms with E-state index in [9.17, 15) is 14.4 Å². The molecule has 0 aliphatic carbocycles. The molecule has 2 N–H and O–H groups in total. The molecular weight excluding hydrogens is 458 g/mol. The fourth-order valence-corrected chi connectivity index (χ4v) is 4.22. The number of amides is 3. The van der Waals surface area contributed by atoms with E-state index in [-0.39, 0.29) is 24.3 Å². The fourth-order valence-electron chi connectivity index (χ4n) is 4.22. The van der Waals surface area contributed by atoms with E-state index in [4.69, 9.17) is 9.15 Å². The molecule has 1 aliphatic rings. The average Bonchev–Trinajstić information content (AvgIpc) is 3.61. The molecule has 2 heterocycles. The Balaban J connectivity index is 1.65. The van der Waals surface area contributed by atoms with Crippen molar-refractivity contribution in [2.24, 2.45) is 0 Å². The Morgan fingerprint density at radius 1 is 1.00 bits per heavy atom. The molecule has 0 radical (unpaired) electrons. The number of nitrogens with zero attached hydrogens (tertiary/aromatic N) is 1. The zero-order chi connectivity index (χ0) is 25.5. The molecule has 1 aliphatic heterocycles. The fraction of sp³-hybridized carbons (Fsp3) is 0.321. The number of hydrogen-bond donors (Lipinski definition) is 2. The maximum absolute atomic E-state index is 13.7. The molecule has 2 atom stereocenters. The summed E-state index contributed by atoms with van der Waals surface area (Å²) in [5, 5.41) is 5.59. The lowest BCUT2D eigenvalue weighted by atomic mass is 10.0. The largest absolute Gasteiger partial charge is 0.459 e. The summed E-state index contributed by atoms with van der Waals surface area (Å²) in [6.07, 6.45) is 3.20. The maximum atomic E-state index is 13.7. The highest BCUT2D eigenvalue weighted by Crippen LogP contribution is 2.29. The van der Waals surface area contributed by atoms with Crippen LogP contribution in [0, 0.1) is 13.8 Å². The van der Waals surface area contributed by atoms with Crippen LogP contribution in [-0.4, -0.2) is 43.5 Å². The van der Waals surface area contributed by atoms with Crippen molar-refractivity contribution in [3.8, 4) is 0 Å². The van der Waals surface area contributed by atoms with Gasteiger partial charge in [0.25, 0.3) is 5.91 Å². The molecule has 3 amide bonds. The second-order valence-corrected chi connectivity index (χ2v) is 8.89. The van der Waals surface area contributed by atoms with Crippen LogP contribution in [0.25, 0.3) is 0 Å². The Hall–Kier alpha value is -3.91. The zero-order valence-corrected chi connectivity index (χ0v) is 20.5. The van der Waals surface area contributed by atoms with Gasteiger partial charge in [-0.1, -0.05) is 36.4 Å². The Kier molecular flexibility index (Phi) is 8.17. The summed E-state index contributed by atoms with van der Waals surface area (Å²) in [7, 11) is 0. The van der Waals surface area contributed by atoms with E-state index in [2.05, 4.69) is 10.6 Å². The van der Waals surface area contributed by atoms with E-state index in [1.165, 1.54) is 17.2 Å². The molecule has 1 fully saturated rings. The molecule has 0 unspecified atom stereocenters. The molecule has 0 saturated carbocycles. The molecular formula is C28H31N3O5. The summed E-state index contributed by atoms with van der Waals surface area (Å²) >= 11 is 0. The van der Waals surface area contributed by atoms with Crippen LogP contribution in [0.5, 0.6) is 0 Å². The van der Waals surface area contributed by atoms with Crippen LogP contribution < -0.4 is 15.5 Å². The summed E-state index contributed by atoms with van der Waals surface area (Å²) in [4.78, 5) is 41.2. The highest BCUT2D eigenvalue weighted by molar-refractivity contribution is 6.04. The second-order valence-electron chi connectivity index (χ2n) is 8.89. The van der Waals surface area contributed by atoms with Gasteiger partial charge >= 0.3 is 0 Å². The van der Waals surface area contributed by atoms with Gasteiger partial charge in [0.2, 0.25) is 11.8 Å². The first-order valence-corrected chi connectivity index (χ1v) is 12.1. The topological polar surface area (TPSA) is 101 Å². The van der Waals surface area contributed by atoms with Crippen molar-refractivity contribution in [3.05, 3.63) is 89.4 Å². The normalized spacial score (nSPS) is 15.8. The molecule has 3 aromatic rings. The minimum atomic E-state index is -0.942. The van der Waals surface area contributed by atoms with Gasteiger partial charge in [0.1, 0.15) is 6.04 Å². The average molecular weight is 490 g/mol. The molecule has 8 nitrogen and oxygen atoms in total. The Morgan fingerprint density at radius 3 is 2.47 bits per heavy atom. The van der Waals surface area contributed by atoms with E-state index < -0.39 is 17.9 Å². The van der Waals surface area contributed by atoms with Crippen LogP contribution in [0.15, 0.2) is 71.3 Å². The van der Waals surface area contributed by atoms with Crippen molar-refractivity contribution in [1.82, 2.24) is 10.6 Å². The Bertz CT molecular complexity index is 1190. The van der Waals surface area contributed by atoms with E-state index in [1.807, 2.05) is 62.4 Å². The van der Waals surface area contributed by atoms with Crippen molar-refractivity contribution in [1.29, 1.82) is 0 Å². The van der Waals surface area contributed by atoms with Crippen molar-refractivity contribution in [2.45, 2.75) is 38.8 Å². The maximum Gasteiger partial charge on any atom is 0.287 e. The number of benzene rings is 2. The van der Waals surface area contributed by atoms with Crippen LogP contribution in [0.1, 0.15) is 46.1 Å². The van der Waals surface area contributed by atoms with Gasteiger partial charge in [0.15, 0.2) is 5.76 Å². The summed E-state index contributed by atoms with van der Waals surface area (Å²) in [6, 6.07) is 16.9.